The van der Waals surface area contributed by atoms with E-state index in [1.165, 1.54) is 0 Å². The van der Waals surface area contributed by atoms with E-state index < -0.39 is 5.97 Å². The average molecular weight is 237 g/mol. The van der Waals surface area contributed by atoms with Crippen LogP contribution >= 0.6 is 0 Å². The van der Waals surface area contributed by atoms with Crippen molar-refractivity contribution in [2.75, 3.05) is 0 Å². The molecule has 0 radical (unpaired) electrons. The molecule has 13 heavy (non-hydrogen) atoms. The Balaban J connectivity index is 0.00000144. The predicted octanol–water partition coefficient (Wildman–Crippen LogP) is 1.13. The summed E-state index contributed by atoms with van der Waals surface area (Å²) in [6.07, 6.45) is 0. The fourth-order valence-electron chi connectivity index (χ4n) is 1.52. The molecule has 0 aromatic heterocycles. The van der Waals surface area contributed by atoms with Crippen molar-refractivity contribution in [1.82, 2.24) is 0 Å². The molecule has 0 aliphatic rings. The van der Waals surface area contributed by atoms with Crippen molar-refractivity contribution in [3.05, 3.63) is 34.4 Å². The molecule has 0 aliphatic heterocycles. The number of carboxylic acid groups (broad SMARTS) is 1. The van der Waals surface area contributed by atoms with Crippen LogP contribution in [0.5, 0.6) is 0 Å². The van der Waals surface area contributed by atoms with Gasteiger partial charge in [-0.2, -0.15) is 0 Å². The Kier molecular flexibility index (Phi) is 4.30. The molecular formula is C10H15GaO2. The van der Waals surface area contributed by atoms with E-state index in [1.807, 2.05) is 32.9 Å². The summed E-state index contributed by atoms with van der Waals surface area (Å²) < 4.78 is 0. The Labute approximate surface area is 91.0 Å². The first-order valence-corrected chi connectivity index (χ1v) is 3.83. The first-order chi connectivity index (χ1) is 5.52. The Morgan fingerprint density at radius 1 is 1.15 bits per heavy atom. The van der Waals surface area contributed by atoms with Crippen LogP contribution in [0.3, 0.4) is 0 Å². The second-order valence-electron chi connectivity index (χ2n) is 3.08. The number of aryl methyl sites for hydroxylation is 3. The van der Waals surface area contributed by atoms with Gasteiger partial charge in [0.05, 0.1) is 5.56 Å². The molecule has 0 aliphatic carbocycles. The van der Waals surface area contributed by atoms with E-state index in [9.17, 15) is 4.79 Å². The molecule has 0 heterocycles. The van der Waals surface area contributed by atoms with Crippen LogP contribution in [0.15, 0.2) is 12.1 Å². The summed E-state index contributed by atoms with van der Waals surface area (Å²) >= 11 is 0. The molecule has 70 valence electrons. The van der Waals surface area contributed by atoms with E-state index in [-0.39, 0.29) is 19.8 Å². The van der Waals surface area contributed by atoms with Crippen LogP contribution in [0.2, 0.25) is 0 Å². The molecule has 1 rings (SSSR count). The number of rotatable bonds is 1. The van der Waals surface area contributed by atoms with Crippen LogP contribution in [0.25, 0.3) is 0 Å². The van der Waals surface area contributed by atoms with Crippen LogP contribution < -0.4 is 0 Å². The van der Waals surface area contributed by atoms with Crippen LogP contribution in [-0.2, 0) is 0 Å². The quantitative estimate of drug-likeness (QED) is 0.743. The van der Waals surface area contributed by atoms with Crippen LogP contribution in [-0.4, -0.2) is 30.9 Å². The zero-order chi connectivity index (χ0) is 9.30. The van der Waals surface area contributed by atoms with Crippen molar-refractivity contribution in [1.29, 1.82) is 0 Å². The Morgan fingerprint density at radius 3 is 1.85 bits per heavy atom. The van der Waals surface area contributed by atoms with Crippen molar-refractivity contribution in [3.63, 3.8) is 0 Å². The number of hydrogen-bond acceptors (Lipinski definition) is 1. The molecule has 2 nitrogen and oxygen atoms in total. The Morgan fingerprint density at radius 2 is 1.54 bits per heavy atom. The van der Waals surface area contributed by atoms with Crippen LogP contribution in [0, 0.1) is 20.8 Å². The molecule has 0 spiro atoms. The van der Waals surface area contributed by atoms with Gasteiger partial charge < -0.3 is 5.11 Å². The zero-order valence-corrected chi connectivity index (χ0v) is 7.51. The van der Waals surface area contributed by atoms with Gasteiger partial charge in [0, 0.05) is 0 Å². The number of benzene rings is 1. The van der Waals surface area contributed by atoms with E-state index in [2.05, 4.69) is 0 Å². The van der Waals surface area contributed by atoms with Gasteiger partial charge in [-0.05, 0) is 31.9 Å². The average Bonchev–Trinajstić information content (AvgIpc) is 1.82. The molecule has 0 unspecified atom stereocenters. The number of carboxylic acids is 1. The van der Waals surface area contributed by atoms with Gasteiger partial charge >= 0.3 is 25.8 Å². The van der Waals surface area contributed by atoms with Gasteiger partial charge in [0.15, 0.2) is 0 Å². The molecule has 3 heteroatoms. The topological polar surface area (TPSA) is 37.3 Å². The van der Waals surface area contributed by atoms with Gasteiger partial charge in [-0.15, -0.1) is 0 Å². The van der Waals surface area contributed by atoms with E-state index in [4.69, 9.17) is 5.11 Å². The second-order valence-corrected chi connectivity index (χ2v) is 3.08. The third-order valence-corrected chi connectivity index (χ3v) is 1.89. The van der Waals surface area contributed by atoms with Crippen molar-refractivity contribution in [2.24, 2.45) is 0 Å². The Bertz CT molecular complexity index is 309. The fourth-order valence-corrected chi connectivity index (χ4v) is 1.52. The third-order valence-electron chi connectivity index (χ3n) is 1.89. The van der Waals surface area contributed by atoms with Gasteiger partial charge in [0.2, 0.25) is 0 Å². The molecule has 0 saturated heterocycles. The summed E-state index contributed by atoms with van der Waals surface area (Å²) in [5, 5.41) is 8.84. The van der Waals surface area contributed by atoms with Gasteiger partial charge in [0.25, 0.3) is 0 Å². The van der Waals surface area contributed by atoms with Gasteiger partial charge in [-0.1, -0.05) is 17.7 Å². The first-order valence-electron chi connectivity index (χ1n) is 3.83. The minimum atomic E-state index is -0.843. The number of hydrogen-bond donors (Lipinski definition) is 1. The van der Waals surface area contributed by atoms with Gasteiger partial charge in [-0.25, -0.2) is 4.79 Å². The SMILES string of the molecule is Cc1cc(C)c(C(=O)O)c(C)c1.[GaH3]. The standard InChI is InChI=1S/C10H12O2.Ga.3H/c1-6-4-7(2)9(10(11)12)8(3)5-6;;;;/h4-5H,1-3H3,(H,11,12);;;;. The minimum absolute atomic E-state index is 0. The van der Waals surface area contributed by atoms with Crippen LogP contribution in [0.1, 0.15) is 27.0 Å². The second kappa shape index (κ2) is 4.53. The third kappa shape index (κ3) is 2.64. The molecule has 1 aromatic carbocycles. The molecule has 0 bridgehead atoms. The molecular weight excluding hydrogens is 222 g/mol. The van der Waals surface area contributed by atoms with E-state index in [0.29, 0.717) is 5.56 Å². The molecule has 0 saturated carbocycles. The van der Waals surface area contributed by atoms with Crippen molar-refractivity contribution >= 4 is 25.8 Å². The van der Waals surface area contributed by atoms with Gasteiger partial charge in [-0.3, -0.25) is 0 Å². The van der Waals surface area contributed by atoms with Crippen LogP contribution in [0.4, 0.5) is 0 Å². The molecule has 0 fully saturated rings. The number of aromatic carboxylic acids is 1. The van der Waals surface area contributed by atoms with Crippen molar-refractivity contribution < 1.29 is 9.90 Å². The van der Waals surface area contributed by atoms with Crippen molar-refractivity contribution in [2.45, 2.75) is 20.8 Å². The van der Waals surface area contributed by atoms with E-state index in [1.54, 1.807) is 0 Å². The molecule has 1 aromatic rings. The Hall–Kier alpha value is -0.674. The summed E-state index contributed by atoms with van der Waals surface area (Å²) in [7, 11) is 0. The summed E-state index contributed by atoms with van der Waals surface area (Å²) in [6, 6.07) is 3.77. The summed E-state index contributed by atoms with van der Waals surface area (Å²) in [6.45, 7) is 5.61. The summed E-state index contributed by atoms with van der Waals surface area (Å²) in [5.74, 6) is -0.843. The normalized spacial score (nSPS) is 9.15. The predicted molar refractivity (Wildman–Crippen MR) is 57.6 cm³/mol. The number of carbonyl (C=O) groups is 1. The van der Waals surface area contributed by atoms with E-state index >= 15 is 0 Å². The monoisotopic (exact) mass is 236 g/mol. The summed E-state index contributed by atoms with van der Waals surface area (Å²) in [4.78, 5) is 10.8. The maximum atomic E-state index is 10.8. The summed E-state index contributed by atoms with van der Waals surface area (Å²) in [5.41, 5.74) is 3.20. The zero-order valence-electron chi connectivity index (χ0n) is 7.51. The fraction of sp³-hybridized carbons (Fsp3) is 0.300. The molecule has 1 N–H and O–H groups in total. The van der Waals surface area contributed by atoms with E-state index in [0.717, 1.165) is 16.7 Å². The van der Waals surface area contributed by atoms with Gasteiger partial charge in [0.1, 0.15) is 0 Å². The molecule has 0 atom stereocenters. The van der Waals surface area contributed by atoms with Crippen molar-refractivity contribution in [3.8, 4) is 0 Å². The maximum absolute atomic E-state index is 10.8. The first kappa shape index (κ1) is 12.3. The molecule has 0 amide bonds.